The number of ether oxygens (including phenoxy) is 2. The number of benzene rings is 2. The number of hydrogen-bond acceptors (Lipinski definition) is 4. The fraction of sp³-hybridized carbons (Fsp3) is 0.500. The molecule has 0 bridgehead atoms. The molecule has 158 valence electrons. The van der Waals surface area contributed by atoms with Gasteiger partial charge in [0.2, 0.25) is 0 Å². The highest BCUT2D eigenvalue weighted by atomic mass is 16.5. The summed E-state index contributed by atoms with van der Waals surface area (Å²) in [5, 5.41) is 10.5. The Labute approximate surface area is 174 Å². The van der Waals surface area contributed by atoms with E-state index in [-0.39, 0.29) is 0 Å². The van der Waals surface area contributed by atoms with Gasteiger partial charge in [-0.2, -0.15) is 0 Å². The zero-order chi connectivity index (χ0) is 20.8. The molecule has 1 saturated heterocycles. The quantitative estimate of drug-likeness (QED) is 0.715. The smallest absolute Gasteiger partial charge is 0.142 e. The third-order valence-corrected chi connectivity index (χ3v) is 5.64. The van der Waals surface area contributed by atoms with Crippen LogP contribution in [0, 0.1) is 6.92 Å². The summed E-state index contributed by atoms with van der Waals surface area (Å²) in [6, 6.07) is 14.5. The number of nitrogens with zero attached hydrogens (tertiary/aromatic N) is 1. The van der Waals surface area contributed by atoms with E-state index in [4.69, 9.17) is 9.47 Å². The number of aliphatic hydroxyl groups is 1. The van der Waals surface area contributed by atoms with Gasteiger partial charge in [-0.1, -0.05) is 38.1 Å². The maximum Gasteiger partial charge on any atom is 0.142 e. The molecule has 3 rings (SSSR count). The Morgan fingerprint density at radius 3 is 2.48 bits per heavy atom. The largest absolute Gasteiger partial charge is 0.495 e. The van der Waals surface area contributed by atoms with Crippen molar-refractivity contribution in [1.82, 2.24) is 0 Å². The first kappa shape index (κ1) is 21.5. The van der Waals surface area contributed by atoms with Gasteiger partial charge in [-0.3, -0.25) is 0 Å². The van der Waals surface area contributed by atoms with Crippen LogP contribution >= 0.6 is 0 Å². The first-order chi connectivity index (χ1) is 14.0. The van der Waals surface area contributed by atoms with Crippen molar-refractivity contribution in [3.8, 4) is 11.5 Å². The molecule has 5 heteroatoms. The van der Waals surface area contributed by atoms with E-state index in [1.807, 2.05) is 12.1 Å². The average Bonchev–Trinajstić information content (AvgIpc) is 2.72. The second-order valence-corrected chi connectivity index (χ2v) is 8.27. The highest BCUT2D eigenvalue weighted by Crippen LogP contribution is 2.28. The standard InChI is InChI=1S/C24H34N2O3/c1-18(2)21-10-9-19(3)15-24(21)29-17-20(27)16-25-11-13-26(14-12-25)22-7-5-6-8-23(22)28-4/h5-10,15,18,20,27H,11-14,16-17H2,1-4H3/p+1/t20-/m0/s1. The van der Waals surface area contributed by atoms with Gasteiger partial charge in [-0.25, -0.2) is 0 Å². The molecule has 1 fully saturated rings. The van der Waals surface area contributed by atoms with Gasteiger partial charge in [0.05, 0.1) is 39.0 Å². The fourth-order valence-corrected chi connectivity index (χ4v) is 3.98. The predicted octanol–water partition coefficient (Wildman–Crippen LogP) is 2.27. The van der Waals surface area contributed by atoms with Gasteiger partial charge >= 0.3 is 0 Å². The van der Waals surface area contributed by atoms with Gasteiger partial charge in [0.15, 0.2) is 0 Å². The zero-order valence-electron chi connectivity index (χ0n) is 18.1. The van der Waals surface area contributed by atoms with Gasteiger partial charge in [-0.05, 0) is 42.2 Å². The van der Waals surface area contributed by atoms with Crippen molar-refractivity contribution >= 4 is 5.69 Å². The van der Waals surface area contributed by atoms with Crippen LogP contribution in [-0.2, 0) is 0 Å². The molecule has 0 saturated carbocycles. The van der Waals surface area contributed by atoms with Crippen LogP contribution in [0.25, 0.3) is 0 Å². The number of anilines is 1. The first-order valence-electron chi connectivity index (χ1n) is 10.6. The molecule has 1 heterocycles. The molecule has 2 aromatic rings. The Morgan fingerprint density at radius 1 is 1.07 bits per heavy atom. The van der Waals surface area contributed by atoms with E-state index in [2.05, 4.69) is 56.0 Å². The number of para-hydroxylation sites is 2. The minimum atomic E-state index is -0.469. The molecule has 1 atom stereocenters. The highest BCUT2D eigenvalue weighted by Gasteiger charge is 2.24. The number of piperazine rings is 1. The molecule has 0 amide bonds. The van der Waals surface area contributed by atoms with Crippen molar-refractivity contribution in [3.63, 3.8) is 0 Å². The lowest BCUT2D eigenvalue weighted by Crippen LogP contribution is -3.16. The lowest BCUT2D eigenvalue weighted by Gasteiger charge is -2.35. The lowest BCUT2D eigenvalue weighted by atomic mass is 10.0. The molecule has 0 radical (unpaired) electrons. The zero-order valence-corrected chi connectivity index (χ0v) is 18.1. The summed E-state index contributed by atoms with van der Waals surface area (Å²) in [6.07, 6.45) is -0.469. The molecule has 0 spiro atoms. The van der Waals surface area contributed by atoms with Crippen molar-refractivity contribution in [3.05, 3.63) is 53.6 Å². The van der Waals surface area contributed by atoms with Crippen LogP contribution in [0.5, 0.6) is 11.5 Å². The predicted molar refractivity (Wildman–Crippen MR) is 118 cm³/mol. The number of methoxy groups -OCH3 is 1. The number of aryl methyl sites for hydroxylation is 1. The van der Waals surface area contributed by atoms with E-state index < -0.39 is 6.10 Å². The van der Waals surface area contributed by atoms with E-state index in [1.165, 1.54) is 16.0 Å². The monoisotopic (exact) mass is 399 g/mol. The van der Waals surface area contributed by atoms with Crippen molar-refractivity contribution in [2.45, 2.75) is 32.8 Å². The van der Waals surface area contributed by atoms with Crippen molar-refractivity contribution < 1.29 is 19.5 Å². The van der Waals surface area contributed by atoms with Crippen LogP contribution < -0.4 is 19.3 Å². The maximum atomic E-state index is 10.5. The molecule has 0 aliphatic carbocycles. The summed E-state index contributed by atoms with van der Waals surface area (Å²) in [5.41, 5.74) is 3.52. The summed E-state index contributed by atoms with van der Waals surface area (Å²) < 4.78 is 11.5. The maximum absolute atomic E-state index is 10.5. The molecule has 2 N–H and O–H groups in total. The molecule has 5 nitrogen and oxygen atoms in total. The van der Waals surface area contributed by atoms with E-state index in [1.54, 1.807) is 7.11 Å². The molecule has 2 aromatic carbocycles. The summed E-state index contributed by atoms with van der Waals surface area (Å²) >= 11 is 0. The molecular formula is C24H35N2O3+. The van der Waals surface area contributed by atoms with Gasteiger partial charge in [0.1, 0.15) is 30.8 Å². The van der Waals surface area contributed by atoms with Crippen LogP contribution in [0.3, 0.4) is 0 Å². The molecule has 29 heavy (non-hydrogen) atoms. The van der Waals surface area contributed by atoms with Gasteiger partial charge in [-0.15, -0.1) is 0 Å². The normalized spacial score (nSPS) is 16.1. The van der Waals surface area contributed by atoms with Crippen LogP contribution in [0.4, 0.5) is 5.69 Å². The Balaban J connectivity index is 1.49. The SMILES string of the molecule is COc1ccccc1N1CC[NH+](C[C@H](O)COc2cc(C)ccc2C(C)C)CC1. The van der Waals surface area contributed by atoms with Crippen LogP contribution in [0.1, 0.15) is 30.9 Å². The molecule has 1 aliphatic heterocycles. The van der Waals surface area contributed by atoms with Crippen molar-refractivity contribution in [1.29, 1.82) is 0 Å². The summed E-state index contributed by atoms with van der Waals surface area (Å²) in [7, 11) is 1.72. The number of quaternary nitrogens is 1. The van der Waals surface area contributed by atoms with E-state index >= 15 is 0 Å². The molecular weight excluding hydrogens is 364 g/mol. The number of aliphatic hydroxyl groups excluding tert-OH is 1. The number of hydrogen-bond donors (Lipinski definition) is 2. The second kappa shape index (κ2) is 9.99. The van der Waals surface area contributed by atoms with Gasteiger partial charge in [0, 0.05) is 0 Å². The topological polar surface area (TPSA) is 46.4 Å². The first-order valence-corrected chi connectivity index (χ1v) is 10.6. The summed E-state index contributed by atoms with van der Waals surface area (Å²) in [4.78, 5) is 3.79. The van der Waals surface area contributed by atoms with Crippen LogP contribution in [0.2, 0.25) is 0 Å². The van der Waals surface area contributed by atoms with E-state index in [0.717, 1.165) is 43.4 Å². The van der Waals surface area contributed by atoms with Crippen LogP contribution in [0.15, 0.2) is 42.5 Å². The third kappa shape index (κ3) is 5.64. The summed E-state index contributed by atoms with van der Waals surface area (Å²) in [6.45, 7) is 11.4. The number of rotatable bonds is 8. The highest BCUT2D eigenvalue weighted by molar-refractivity contribution is 5.58. The minimum Gasteiger partial charge on any atom is -0.495 e. The van der Waals surface area contributed by atoms with E-state index in [0.29, 0.717) is 19.1 Å². The van der Waals surface area contributed by atoms with E-state index in [9.17, 15) is 5.11 Å². The van der Waals surface area contributed by atoms with Crippen LogP contribution in [-0.4, -0.2) is 57.7 Å². The van der Waals surface area contributed by atoms with Crippen molar-refractivity contribution in [2.24, 2.45) is 0 Å². The fourth-order valence-electron chi connectivity index (χ4n) is 3.98. The Kier molecular flexibility index (Phi) is 7.40. The minimum absolute atomic E-state index is 0.336. The van der Waals surface area contributed by atoms with Crippen molar-refractivity contribution in [2.75, 3.05) is 51.3 Å². The van der Waals surface area contributed by atoms with Gasteiger partial charge in [0.25, 0.3) is 0 Å². The average molecular weight is 400 g/mol. The Hall–Kier alpha value is -2.24. The lowest BCUT2D eigenvalue weighted by molar-refractivity contribution is -0.903. The van der Waals surface area contributed by atoms with Gasteiger partial charge < -0.3 is 24.4 Å². The molecule has 0 unspecified atom stereocenters. The molecule has 1 aliphatic rings. The number of nitrogens with one attached hydrogen (secondary N) is 1. The molecule has 0 aromatic heterocycles. The third-order valence-electron chi connectivity index (χ3n) is 5.64. The second-order valence-electron chi connectivity index (χ2n) is 8.27. The Bertz CT molecular complexity index is 785. The Morgan fingerprint density at radius 2 is 1.79 bits per heavy atom. The summed E-state index contributed by atoms with van der Waals surface area (Å²) in [5.74, 6) is 2.22.